The summed E-state index contributed by atoms with van der Waals surface area (Å²) >= 11 is 12.4. The van der Waals surface area contributed by atoms with Gasteiger partial charge in [0.1, 0.15) is 0 Å². The zero-order valence-corrected chi connectivity index (χ0v) is 12.6. The molecule has 2 rings (SSSR count). The van der Waals surface area contributed by atoms with Gasteiger partial charge in [0.15, 0.2) is 0 Å². The van der Waals surface area contributed by atoms with E-state index in [1.165, 1.54) is 0 Å². The van der Waals surface area contributed by atoms with Gasteiger partial charge in [-0.25, -0.2) is 0 Å². The van der Waals surface area contributed by atoms with Gasteiger partial charge in [-0.2, -0.15) is 0 Å². The largest absolute Gasteiger partial charge is 0.364 e. The van der Waals surface area contributed by atoms with Crippen LogP contribution in [0.5, 0.6) is 0 Å². The normalized spacial score (nSPS) is 28.5. The molecule has 1 aromatic rings. The lowest BCUT2D eigenvalue weighted by Crippen LogP contribution is -2.62. The van der Waals surface area contributed by atoms with Gasteiger partial charge >= 0.3 is 0 Å². The highest BCUT2D eigenvalue weighted by molar-refractivity contribution is 6.43. The van der Waals surface area contributed by atoms with Crippen LogP contribution in [0.25, 0.3) is 0 Å². The highest BCUT2D eigenvalue weighted by Gasteiger charge is 2.33. The van der Waals surface area contributed by atoms with E-state index in [0.717, 1.165) is 25.2 Å². The molecule has 0 spiro atoms. The minimum atomic E-state index is 0.137. The van der Waals surface area contributed by atoms with Gasteiger partial charge in [-0.15, -0.1) is 0 Å². The molecule has 1 aliphatic heterocycles. The maximum atomic E-state index is 6.33. The molecule has 0 aromatic heterocycles. The summed E-state index contributed by atoms with van der Waals surface area (Å²) in [6.45, 7) is 8.59. The van der Waals surface area contributed by atoms with E-state index in [1.807, 2.05) is 18.2 Å². The van der Waals surface area contributed by atoms with Crippen molar-refractivity contribution >= 4 is 28.9 Å². The number of halogens is 2. The fourth-order valence-electron chi connectivity index (χ4n) is 2.37. The zero-order chi connectivity index (χ0) is 13.3. The second-order valence-electron chi connectivity index (χ2n) is 5.34. The number of hydrogen-bond acceptors (Lipinski definition) is 2. The van der Waals surface area contributed by atoms with E-state index >= 15 is 0 Å². The molecule has 4 heteroatoms. The average Bonchev–Trinajstić information content (AvgIpc) is 2.36. The Bertz CT molecular complexity index is 436. The molecular weight excluding hydrogens is 267 g/mol. The van der Waals surface area contributed by atoms with E-state index in [0.29, 0.717) is 16.1 Å². The van der Waals surface area contributed by atoms with Crippen molar-refractivity contribution in [1.82, 2.24) is 5.32 Å². The molecule has 0 saturated carbocycles. The quantitative estimate of drug-likeness (QED) is 0.885. The Hall–Kier alpha value is -0.440. The van der Waals surface area contributed by atoms with Gasteiger partial charge < -0.3 is 10.2 Å². The van der Waals surface area contributed by atoms with Crippen molar-refractivity contribution in [3.63, 3.8) is 0 Å². The fraction of sp³-hybridized carbons (Fsp3) is 0.571. The van der Waals surface area contributed by atoms with Crippen molar-refractivity contribution in [2.45, 2.75) is 38.8 Å². The summed E-state index contributed by atoms with van der Waals surface area (Å²) in [7, 11) is 0. The molecule has 0 bridgehead atoms. The van der Waals surface area contributed by atoms with Crippen LogP contribution in [0.15, 0.2) is 18.2 Å². The van der Waals surface area contributed by atoms with Crippen molar-refractivity contribution in [1.29, 1.82) is 0 Å². The Balaban J connectivity index is 2.33. The maximum absolute atomic E-state index is 6.33. The molecule has 1 aromatic carbocycles. The zero-order valence-electron chi connectivity index (χ0n) is 11.1. The highest BCUT2D eigenvalue weighted by Crippen LogP contribution is 2.35. The maximum Gasteiger partial charge on any atom is 0.0825 e. The SMILES string of the molecule is CCC1(C)CN(c2cccc(Cl)c2Cl)C(C)CN1. The van der Waals surface area contributed by atoms with Crippen molar-refractivity contribution in [3.05, 3.63) is 28.2 Å². The highest BCUT2D eigenvalue weighted by atomic mass is 35.5. The number of rotatable bonds is 2. The van der Waals surface area contributed by atoms with E-state index in [4.69, 9.17) is 23.2 Å². The van der Waals surface area contributed by atoms with Crippen LogP contribution >= 0.6 is 23.2 Å². The molecular formula is C14H20Cl2N2. The van der Waals surface area contributed by atoms with Crippen LogP contribution in [0.3, 0.4) is 0 Å². The Morgan fingerprint density at radius 1 is 1.44 bits per heavy atom. The lowest BCUT2D eigenvalue weighted by Gasteiger charge is -2.46. The first-order valence-corrected chi connectivity index (χ1v) is 7.18. The Morgan fingerprint density at radius 2 is 2.17 bits per heavy atom. The van der Waals surface area contributed by atoms with Gasteiger partial charge in [0.2, 0.25) is 0 Å². The van der Waals surface area contributed by atoms with Crippen molar-refractivity contribution in [2.75, 3.05) is 18.0 Å². The summed E-state index contributed by atoms with van der Waals surface area (Å²) in [5.74, 6) is 0. The first kappa shape index (κ1) is 14.0. The van der Waals surface area contributed by atoms with E-state index in [-0.39, 0.29) is 5.54 Å². The summed E-state index contributed by atoms with van der Waals surface area (Å²) in [5, 5.41) is 4.89. The Labute approximate surface area is 119 Å². The van der Waals surface area contributed by atoms with Gasteiger partial charge in [0.25, 0.3) is 0 Å². The summed E-state index contributed by atoms with van der Waals surface area (Å²) < 4.78 is 0. The van der Waals surface area contributed by atoms with Crippen molar-refractivity contribution in [2.24, 2.45) is 0 Å². The second kappa shape index (κ2) is 5.28. The van der Waals surface area contributed by atoms with Gasteiger partial charge in [0.05, 0.1) is 15.7 Å². The topological polar surface area (TPSA) is 15.3 Å². The van der Waals surface area contributed by atoms with Crippen LogP contribution in [0, 0.1) is 0 Å². The van der Waals surface area contributed by atoms with Crippen LogP contribution in [-0.4, -0.2) is 24.7 Å². The van der Waals surface area contributed by atoms with Crippen LogP contribution in [-0.2, 0) is 0 Å². The fourth-order valence-corrected chi connectivity index (χ4v) is 2.77. The molecule has 1 aliphatic rings. The standard InChI is InChI=1S/C14H20Cl2N2/c1-4-14(3)9-18(10(2)8-17-14)12-7-5-6-11(15)13(12)16/h5-7,10,17H,4,8-9H2,1-3H3. The minimum Gasteiger partial charge on any atom is -0.364 e. The summed E-state index contributed by atoms with van der Waals surface area (Å²) in [4.78, 5) is 2.36. The van der Waals surface area contributed by atoms with Gasteiger partial charge in [0, 0.05) is 24.7 Å². The van der Waals surface area contributed by atoms with Crippen molar-refractivity contribution in [3.8, 4) is 0 Å². The summed E-state index contributed by atoms with van der Waals surface area (Å²) in [6, 6.07) is 6.26. The Kier molecular flexibility index (Phi) is 4.10. The monoisotopic (exact) mass is 286 g/mol. The Morgan fingerprint density at radius 3 is 2.83 bits per heavy atom. The third-order valence-electron chi connectivity index (χ3n) is 3.90. The lowest BCUT2D eigenvalue weighted by molar-refractivity contribution is 0.285. The lowest BCUT2D eigenvalue weighted by atomic mass is 9.93. The van der Waals surface area contributed by atoms with E-state index in [9.17, 15) is 0 Å². The molecule has 0 amide bonds. The molecule has 2 unspecified atom stereocenters. The predicted molar refractivity (Wildman–Crippen MR) is 80.0 cm³/mol. The molecule has 100 valence electrons. The van der Waals surface area contributed by atoms with E-state index in [1.54, 1.807) is 0 Å². The second-order valence-corrected chi connectivity index (χ2v) is 6.13. The molecule has 2 nitrogen and oxygen atoms in total. The molecule has 0 radical (unpaired) electrons. The van der Waals surface area contributed by atoms with Gasteiger partial charge in [-0.05, 0) is 32.4 Å². The number of nitrogens with zero attached hydrogens (tertiary/aromatic N) is 1. The first-order valence-electron chi connectivity index (χ1n) is 6.42. The first-order chi connectivity index (χ1) is 8.47. The molecule has 2 atom stereocenters. The van der Waals surface area contributed by atoms with Gasteiger partial charge in [-0.1, -0.05) is 36.2 Å². The molecule has 1 fully saturated rings. The van der Waals surface area contributed by atoms with Crippen LogP contribution in [0.1, 0.15) is 27.2 Å². The predicted octanol–water partition coefficient (Wildman–Crippen LogP) is 3.96. The van der Waals surface area contributed by atoms with Crippen LogP contribution in [0.4, 0.5) is 5.69 Å². The molecule has 18 heavy (non-hydrogen) atoms. The number of piperazine rings is 1. The van der Waals surface area contributed by atoms with Crippen LogP contribution < -0.4 is 10.2 Å². The van der Waals surface area contributed by atoms with Gasteiger partial charge in [-0.3, -0.25) is 0 Å². The van der Waals surface area contributed by atoms with E-state index in [2.05, 4.69) is 31.0 Å². The third-order valence-corrected chi connectivity index (χ3v) is 4.71. The molecule has 1 heterocycles. The minimum absolute atomic E-state index is 0.137. The molecule has 0 aliphatic carbocycles. The summed E-state index contributed by atoms with van der Waals surface area (Å²) in [6.07, 6.45) is 1.09. The molecule has 1 saturated heterocycles. The number of benzene rings is 1. The average molecular weight is 287 g/mol. The summed E-state index contributed by atoms with van der Waals surface area (Å²) in [5.41, 5.74) is 1.18. The number of nitrogens with one attached hydrogen (secondary N) is 1. The van der Waals surface area contributed by atoms with Crippen molar-refractivity contribution < 1.29 is 0 Å². The third kappa shape index (κ3) is 2.61. The van der Waals surface area contributed by atoms with Crippen LogP contribution in [0.2, 0.25) is 10.0 Å². The number of anilines is 1. The molecule has 1 N–H and O–H groups in total. The smallest absolute Gasteiger partial charge is 0.0825 e. The number of hydrogen-bond donors (Lipinski definition) is 1. The van der Waals surface area contributed by atoms with E-state index < -0.39 is 0 Å².